The van der Waals surface area contributed by atoms with Gasteiger partial charge in [-0.2, -0.15) is 0 Å². The van der Waals surface area contributed by atoms with Crippen molar-refractivity contribution in [3.05, 3.63) is 93.8 Å². The van der Waals surface area contributed by atoms with Gasteiger partial charge < -0.3 is 24.7 Å². The molecular weight excluding hydrogens is 601 g/mol. The lowest BCUT2D eigenvalue weighted by atomic mass is 9.85. The quantitative estimate of drug-likeness (QED) is 0.0912. The molecule has 5 rings (SSSR count). The van der Waals surface area contributed by atoms with Crippen molar-refractivity contribution in [2.45, 2.75) is 51.4 Å². The zero-order chi connectivity index (χ0) is 29.7. The van der Waals surface area contributed by atoms with Crippen LogP contribution < -0.4 is 9.47 Å². The van der Waals surface area contributed by atoms with Gasteiger partial charge in [0.15, 0.2) is 0 Å². The highest BCUT2D eigenvalue weighted by molar-refractivity contribution is 9.10. The Morgan fingerprint density at radius 2 is 1.76 bits per heavy atom. The molecule has 0 spiro atoms. The van der Waals surface area contributed by atoms with Gasteiger partial charge in [0.05, 0.1) is 25.2 Å². The molecule has 3 N–H and O–H groups in total. The summed E-state index contributed by atoms with van der Waals surface area (Å²) in [5, 5.41) is 20.7. The van der Waals surface area contributed by atoms with Gasteiger partial charge >= 0.3 is 5.97 Å². The summed E-state index contributed by atoms with van der Waals surface area (Å²) in [7, 11) is 0. The lowest BCUT2D eigenvalue weighted by molar-refractivity contribution is -0.134. The van der Waals surface area contributed by atoms with Gasteiger partial charge in [-0.25, -0.2) is 4.39 Å². The molecular formula is C34H37BrFNO5. The molecule has 1 aliphatic rings. The van der Waals surface area contributed by atoms with Gasteiger partial charge in [0.25, 0.3) is 0 Å². The lowest BCUT2D eigenvalue weighted by Gasteiger charge is -2.28. The van der Waals surface area contributed by atoms with Crippen LogP contribution in [0.2, 0.25) is 0 Å². The van der Waals surface area contributed by atoms with Gasteiger partial charge in [-0.3, -0.25) is 4.79 Å². The molecule has 42 heavy (non-hydrogen) atoms. The largest absolute Gasteiger partial charge is 0.493 e. The van der Waals surface area contributed by atoms with Gasteiger partial charge in [0, 0.05) is 33.4 Å². The number of hydrogen-bond donors (Lipinski definition) is 3. The highest BCUT2D eigenvalue weighted by Crippen LogP contribution is 2.42. The van der Waals surface area contributed by atoms with Crippen molar-refractivity contribution in [2.24, 2.45) is 11.3 Å². The van der Waals surface area contributed by atoms with Crippen LogP contribution in [0.1, 0.15) is 61.8 Å². The third-order valence-electron chi connectivity index (χ3n) is 8.67. The number of fused-ring (bicyclic) bond motifs is 3. The lowest BCUT2D eigenvalue weighted by Crippen LogP contribution is -2.35. The summed E-state index contributed by atoms with van der Waals surface area (Å²) in [6, 6.07) is 19.9. The predicted octanol–water partition coefficient (Wildman–Crippen LogP) is 7.30. The van der Waals surface area contributed by atoms with E-state index in [4.69, 9.17) is 9.47 Å². The van der Waals surface area contributed by atoms with Crippen molar-refractivity contribution in [1.29, 1.82) is 0 Å². The van der Waals surface area contributed by atoms with E-state index in [1.54, 1.807) is 0 Å². The zero-order valence-corrected chi connectivity index (χ0v) is 25.3. The number of aliphatic hydroxyl groups is 2. The van der Waals surface area contributed by atoms with Crippen molar-refractivity contribution in [2.75, 3.05) is 19.8 Å². The SMILES string of the molecule is CCC(CO)(CO)COc1ccc(C2CC(CCC(=O)Oc3ccc(F)cc3)CCc3c2[nH]c2ccc(Br)cc32)cc1. The zero-order valence-electron chi connectivity index (χ0n) is 23.7. The summed E-state index contributed by atoms with van der Waals surface area (Å²) in [6.07, 6.45) is 4.33. The van der Waals surface area contributed by atoms with Crippen LogP contribution >= 0.6 is 15.9 Å². The highest BCUT2D eigenvalue weighted by Gasteiger charge is 2.30. The van der Waals surface area contributed by atoms with E-state index in [1.165, 1.54) is 40.9 Å². The molecule has 1 aromatic heterocycles. The molecule has 2 atom stereocenters. The molecule has 0 aliphatic heterocycles. The minimum absolute atomic E-state index is 0.102. The van der Waals surface area contributed by atoms with Gasteiger partial charge in [0.2, 0.25) is 0 Å². The average Bonchev–Trinajstić information content (AvgIpc) is 3.26. The molecule has 1 aliphatic carbocycles. The number of rotatable bonds is 11. The number of esters is 1. The molecule has 0 saturated heterocycles. The van der Waals surface area contributed by atoms with E-state index in [0.717, 1.165) is 34.8 Å². The molecule has 222 valence electrons. The van der Waals surface area contributed by atoms with Crippen molar-refractivity contribution in [1.82, 2.24) is 4.98 Å². The Labute approximate surface area is 254 Å². The smallest absolute Gasteiger partial charge is 0.311 e. The minimum Gasteiger partial charge on any atom is -0.493 e. The summed E-state index contributed by atoms with van der Waals surface area (Å²) in [5.41, 5.74) is 4.11. The van der Waals surface area contributed by atoms with E-state index in [0.29, 0.717) is 30.3 Å². The van der Waals surface area contributed by atoms with Crippen LogP contribution in [0, 0.1) is 17.2 Å². The fourth-order valence-electron chi connectivity index (χ4n) is 5.80. The Morgan fingerprint density at radius 3 is 2.45 bits per heavy atom. The molecule has 0 bridgehead atoms. The van der Waals surface area contributed by atoms with E-state index in [2.05, 4.69) is 45.2 Å². The van der Waals surface area contributed by atoms with Crippen LogP contribution in [0.15, 0.2) is 71.2 Å². The van der Waals surface area contributed by atoms with E-state index >= 15 is 0 Å². The number of aromatic amines is 1. The number of halogens is 2. The fraction of sp³-hybridized carbons (Fsp3) is 0.382. The van der Waals surface area contributed by atoms with Crippen LogP contribution in [0.4, 0.5) is 4.39 Å². The highest BCUT2D eigenvalue weighted by atomic mass is 79.9. The second-order valence-electron chi connectivity index (χ2n) is 11.4. The third kappa shape index (κ3) is 6.88. The van der Waals surface area contributed by atoms with Crippen LogP contribution in [-0.4, -0.2) is 41.0 Å². The topological polar surface area (TPSA) is 91.8 Å². The maximum absolute atomic E-state index is 13.2. The van der Waals surface area contributed by atoms with Crippen LogP contribution in [-0.2, 0) is 11.2 Å². The first-order chi connectivity index (χ1) is 20.3. The molecule has 0 amide bonds. The van der Waals surface area contributed by atoms with Gasteiger partial charge in [-0.05, 0) is 104 Å². The maximum atomic E-state index is 13.2. The number of carbonyl (C=O) groups is 1. The number of aliphatic hydroxyl groups excluding tert-OH is 2. The summed E-state index contributed by atoms with van der Waals surface area (Å²) < 4.78 is 25.7. The first-order valence-corrected chi connectivity index (χ1v) is 15.3. The number of aryl methyl sites for hydroxylation is 1. The first kappa shape index (κ1) is 30.3. The summed E-state index contributed by atoms with van der Waals surface area (Å²) in [4.78, 5) is 16.3. The molecule has 0 radical (unpaired) electrons. The Hall–Kier alpha value is -3.20. The number of hydrogen-bond acceptors (Lipinski definition) is 5. The van der Waals surface area contributed by atoms with Crippen molar-refractivity contribution in [3.8, 4) is 11.5 Å². The molecule has 1 heterocycles. The van der Waals surface area contributed by atoms with E-state index < -0.39 is 5.41 Å². The molecule has 0 saturated carbocycles. The Kier molecular flexibility index (Phi) is 9.66. The van der Waals surface area contributed by atoms with Gasteiger partial charge in [-0.1, -0.05) is 35.0 Å². The fourth-order valence-corrected chi connectivity index (χ4v) is 6.16. The molecule has 6 nitrogen and oxygen atoms in total. The number of carbonyl (C=O) groups excluding carboxylic acids is 1. The van der Waals surface area contributed by atoms with Crippen LogP contribution in [0.5, 0.6) is 11.5 Å². The number of aromatic nitrogens is 1. The molecule has 2 unspecified atom stereocenters. The Morgan fingerprint density at radius 1 is 1.05 bits per heavy atom. The standard InChI is InChI=1S/C34H37BrFNO5/c1-2-34(19-38,20-39)21-41-26-10-5-23(6-11-26)29-17-22(4-16-32(40)42-27-12-8-25(36)9-13-27)3-14-28-30-18-24(35)7-15-31(30)37-33(28)29/h5-13,15,18,22,29,37-39H,2-4,14,16-17,19-21H2,1H3. The van der Waals surface area contributed by atoms with Crippen LogP contribution in [0.25, 0.3) is 10.9 Å². The van der Waals surface area contributed by atoms with Gasteiger partial charge in [0.1, 0.15) is 17.3 Å². The maximum Gasteiger partial charge on any atom is 0.311 e. The second kappa shape index (κ2) is 13.4. The monoisotopic (exact) mass is 637 g/mol. The first-order valence-electron chi connectivity index (χ1n) is 14.5. The van der Waals surface area contributed by atoms with E-state index in [1.807, 2.05) is 25.1 Å². The summed E-state index contributed by atoms with van der Waals surface area (Å²) >= 11 is 3.63. The number of benzene rings is 3. The number of ether oxygens (including phenoxy) is 2. The van der Waals surface area contributed by atoms with Crippen molar-refractivity contribution < 1.29 is 28.9 Å². The van der Waals surface area contributed by atoms with E-state index in [9.17, 15) is 19.4 Å². The number of H-pyrrole nitrogens is 1. The Bertz CT molecular complexity index is 1490. The average molecular weight is 639 g/mol. The third-order valence-corrected chi connectivity index (χ3v) is 9.16. The van der Waals surface area contributed by atoms with Gasteiger partial charge in [-0.15, -0.1) is 0 Å². The second-order valence-corrected chi connectivity index (χ2v) is 12.3. The van der Waals surface area contributed by atoms with Crippen molar-refractivity contribution >= 4 is 32.8 Å². The predicted molar refractivity (Wildman–Crippen MR) is 164 cm³/mol. The van der Waals surface area contributed by atoms with E-state index in [-0.39, 0.29) is 43.9 Å². The summed E-state index contributed by atoms with van der Waals surface area (Å²) in [6.45, 7) is 1.88. The molecule has 0 fully saturated rings. The number of nitrogens with one attached hydrogen (secondary N) is 1. The Balaban J connectivity index is 1.35. The van der Waals surface area contributed by atoms with Crippen molar-refractivity contribution in [3.63, 3.8) is 0 Å². The summed E-state index contributed by atoms with van der Waals surface area (Å²) in [5.74, 6) is 0.757. The molecule has 8 heteroatoms. The minimum atomic E-state index is -0.668. The molecule has 3 aromatic carbocycles. The van der Waals surface area contributed by atoms with Crippen LogP contribution in [0.3, 0.4) is 0 Å². The molecule has 4 aromatic rings. The normalized spacial score (nSPS) is 17.1.